The van der Waals surface area contributed by atoms with Crippen molar-refractivity contribution in [2.45, 2.75) is 32.4 Å². The number of rotatable bonds is 4. The zero-order valence-corrected chi connectivity index (χ0v) is 13.7. The highest BCUT2D eigenvalue weighted by Crippen LogP contribution is 2.20. The standard InChI is InChI=1S/C16H24ClN3O/c1-12(13-5-4-6-14(17)11-13)19-15(21)16(2,3)20-9-7-18-8-10-20/h4-6,11-12,18H,7-10H2,1-3H3,(H,19,21). The Morgan fingerprint density at radius 1 is 1.38 bits per heavy atom. The fourth-order valence-electron chi connectivity index (χ4n) is 2.60. The van der Waals surface area contributed by atoms with Crippen LogP contribution < -0.4 is 10.6 Å². The van der Waals surface area contributed by atoms with Crippen LogP contribution in [0.5, 0.6) is 0 Å². The summed E-state index contributed by atoms with van der Waals surface area (Å²) in [6.45, 7) is 9.60. The molecule has 21 heavy (non-hydrogen) atoms. The Hall–Kier alpha value is -1.10. The first-order valence-corrected chi connectivity index (χ1v) is 7.81. The first-order chi connectivity index (χ1) is 9.91. The summed E-state index contributed by atoms with van der Waals surface area (Å²) in [5, 5.41) is 7.10. The molecule has 1 aromatic carbocycles. The van der Waals surface area contributed by atoms with E-state index < -0.39 is 5.54 Å². The van der Waals surface area contributed by atoms with E-state index in [0.717, 1.165) is 31.7 Å². The van der Waals surface area contributed by atoms with E-state index in [9.17, 15) is 4.79 Å². The molecular weight excluding hydrogens is 286 g/mol. The Morgan fingerprint density at radius 2 is 2.05 bits per heavy atom. The fourth-order valence-corrected chi connectivity index (χ4v) is 2.80. The molecule has 1 aliphatic heterocycles. The first-order valence-electron chi connectivity index (χ1n) is 7.43. The van der Waals surface area contributed by atoms with E-state index in [1.54, 1.807) is 0 Å². The van der Waals surface area contributed by atoms with Gasteiger partial charge >= 0.3 is 0 Å². The van der Waals surface area contributed by atoms with Crippen molar-refractivity contribution in [3.8, 4) is 0 Å². The van der Waals surface area contributed by atoms with Crippen molar-refractivity contribution in [3.63, 3.8) is 0 Å². The third-order valence-electron chi connectivity index (χ3n) is 4.16. The number of carbonyl (C=O) groups is 1. The van der Waals surface area contributed by atoms with Crippen LogP contribution in [0.15, 0.2) is 24.3 Å². The fraction of sp³-hybridized carbons (Fsp3) is 0.562. The molecule has 1 aromatic rings. The zero-order chi connectivity index (χ0) is 15.5. The smallest absolute Gasteiger partial charge is 0.240 e. The van der Waals surface area contributed by atoms with Gasteiger partial charge in [0, 0.05) is 31.2 Å². The van der Waals surface area contributed by atoms with E-state index >= 15 is 0 Å². The van der Waals surface area contributed by atoms with Gasteiger partial charge in [0.15, 0.2) is 0 Å². The van der Waals surface area contributed by atoms with Gasteiger partial charge < -0.3 is 10.6 Å². The van der Waals surface area contributed by atoms with Crippen molar-refractivity contribution in [2.24, 2.45) is 0 Å². The maximum atomic E-state index is 12.6. The molecule has 0 spiro atoms. The highest BCUT2D eigenvalue weighted by atomic mass is 35.5. The van der Waals surface area contributed by atoms with Crippen molar-refractivity contribution in [3.05, 3.63) is 34.9 Å². The molecule has 1 fully saturated rings. The number of hydrogen-bond acceptors (Lipinski definition) is 3. The van der Waals surface area contributed by atoms with Gasteiger partial charge in [0.25, 0.3) is 0 Å². The van der Waals surface area contributed by atoms with Crippen molar-refractivity contribution >= 4 is 17.5 Å². The largest absolute Gasteiger partial charge is 0.348 e. The molecule has 1 saturated heterocycles. The number of benzene rings is 1. The minimum absolute atomic E-state index is 0.0527. The van der Waals surface area contributed by atoms with Crippen LogP contribution in [0.3, 0.4) is 0 Å². The lowest BCUT2D eigenvalue weighted by Gasteiger charge is -2.40. The minimum Gasteiger partial charge on any atom is -0.348 e. The number of carbonyl (C=O) groups excluding carboxylic acids is 1. The van der Waals surface area contributed by atoms with Gasteiger partial charge in [-0.2, -0.15) is 0 Å². The molecule has 0 aromatic heterocycles. The van der Waals surface area contributed by atoms with Gasteiger partial charge in [-0.3, -0.25) is 9.69 Å². The predicted octanol–water partition coefficient (Wildman–Crippen LogP) is 2.20. The Morgan fingerprint density at radius 3 is 2.67 bits per heavy atom. The summed E-state index contributed by atoms with van der Waals surface area (Å²) in [5.74, 6) is 0.0527. The molecule has 116 valence electrons. The second-order valence-corrected chi connectivity index (χ2v) is 6.48. The normalized spacial score (nSPS) is 18.3. The Kier molecular flexibility index (Phi) is 5.25. The number of nitrogens with one attached hydrogen (secondary N) is 2. The molecule has 0 aliphatic carbocycles. The van der Waals surface area contributed by atoms with Crippen molar-refractivity contribution in [1.82, 2.24) is 15.5 Å². The number of piperazine rings is 1. The lowest BCUT2D eigenvalue weighted by molar-refractivity contribution is -0.132. The van der Waals surface area contributed by atoms with E-state index in [1.165, 1.54) is 0 Å². The minimum atomic E-state index is -0.505. The van der Waals surface area contributed by atoms with Gasteiger partial charge in [0.05, 0.1) is 11.6 Å². The van der Waals surface area contributed by atoms with Crippen LogP contribution in [0, 0.1) is 0 Å². The van der Waals surface area contributed by atoms with Crippen LogP contribution in [0.25, 0.3) is 0 Å². The molecule has 1 unspecified atom stereocenters. The number of hydrogen-bond donors (Lipinski definition) is 2. The van der Waals surface area contributed by atoms with Crippen LogP contribution in [-0.2, 0) is 4.79 Å². The SMILES string of the molecule is CC(NC(=O)C(C)(C)N1CCNCC1)c1cccc(Cl)c1. The molecule has 0 radical (unpaired) electrons. The van der Waals surface area contributed by atoms with Crippen LogP contribution in [0.2, 0.25) is 5.02 Å². The molecule has 1 amide bonds. The lowest BCUT2D eigenvalue weighted by Crippen LogP contribution is -2.60. The van der Waals surface area contributed by atoms with Crippen molar-refractivity contribution < 1.29 is 4.79 Å². The molecule has 2 N–H and O–H groups in total. The molecule has 0 saturated carbocycles. The summed E-state index contributed by atoms with van der Waals surface area (Å²) in [6, 6.07) is 7.56. The van der Waals surface area contributed by atoms with Gasteiger partial charge in [-0.05, 0) is 38.5 Å². The molecule has 4 nitrogen and oxygen atoms in total. The highest BCUT2D eigenvalue weighted by Gasteiger charge is 2.35. The average molecular weight is 310 g/mol. The molecule has 0 bridgehead atoms. The number of halogens is 1. The second-order valence-electron chi connectivity index (χ2n) is 6.05. The molecule has 5 heteroatoms. The zero-order valence-electron chi connectivity index (χ0n) is 12.9. The maximum absolute atomic E-state index is 12.6. The summed E-state index contributed by atoms with van der Waals surface area (Å²) in [7, 11) is 0. The second kappa shape index (κ2) is 6.77. The van der Waals surface area contributed by atoms with Gasteiger partial charge in [-0.1, -0.05) is 23.7 Å². The van der Waals surface area contributed by atoms with Crippen LogP contribution >= 0.6 is 11.6 Å². The molecule has 1 atom stereocenters. The van der Waals surface area contributed by atoms with E-state index in [0.29, 0.717) is 5.02 Å². The molecular formula is C16H24ClN3O. The third-order valence-corrected chi connectivity index (χ3v) is 4.39. The predicted molar refractivity (Wildman–Crippen MR) is 86.5 cm³/mol. The third kappa shape index (κ3) is 3.96. The number of amides is 1. The number of nitrogens with zero attached hydrogens (tertiary/aromatic N) is 1. The average Bonchev–Trinajstić information content (AvgIpc) is 2.48. The quantitative estimate of drug-likeness (QED) is 0.896. The van der Waals surface area contributed by atoms with E-state index in [-0.39, 0.29) is 11.9 Å². The Labute approximate surface area is 131 Å². The van der Waals surface area contributed by atoms with E-state index in [4.69, 9.17) is 11.6 Å². The van der Waals surface area contributed by atoms with Crippen LogP contribution in [0.1, 0.15) is 32.4 Å². The summed E-state index contributed by atoms with van der Waals surface area (Å²) in [5.41, 5.74) is 0.515. The summed E-state index contributed by atoms with van der Waals surface area (Å²) in [6.07, 6.45) is 0. The van der Waals surface area contributed by atoms with Crippen LogP contribution in [0.4, 0.5) is 0 Å². The van der Waals surface area contributed by atoms with Gasteiger partial charge in [-0.25, -0.2) is 0 Å². The molecule has 1 heterocycles. The Bertz CT molecular complexity index is 498. The summed E-state index contributed by atoms with van der Waals surface area (Å²) in [4.78, 5) is 14.9. The van der Waals surface area contributed by atoms with Crippen molar-refractivity contribution in [2.75, 3.05) is 26.2 Å². The van der Waals surface area contributed by atoms with Gasteiger partial charge in [0.2, 0.25) is 5.91 Å². The first kappa shape index (κ1) is 16.3. The van der Waals surface area contributed by atoms with Crippen LogP contribution in [-0.4, -0.2) is 42.5 Å². The van der Waals surface area contributed by atoms with Crippen molar-refractivity contribution in [1.29, 1.82) is 0 Å². The summed E-state index contributed by atoms with van der Waals surface area (Å²) < 4.78 is 0. The molecule has 1 aliphatic rings. The van der Waals surface area contributed by atoms with E-state index in [2.05, 4.69) is 15.5 Å². The Balaban J connectivity index is 2.02. The molecule has 2 rings (SSSR count). The summed E-state index contributed by atoms with van der Waals surface area (Å²) >= 11 is 6.01. The van der Waals surface area contributed by atoms with E-state index in [1.807, 2.05) is 45.0 Å². The van der Waals surface area contributed by atoms with Gasteiger partial charge in [-0.15, -0.1) is 0 Å². The monoisotopic (exact) mass is 309 g/mol. The maximum Gasteiger partial charge on any atom is 0.240 e. The highest BCUT2D eigenvalue weighted by molar-refractivity contribution is 6.30. The lowest BCUT2D eigenvalue weighted by atomic mass is 9.99. The topological polar surface area (TPSA) is 44.4 Å². The van der Waals surface area contributed by atoms with Gasteiger partial charge in [0.1, 0.15) is 0 Å².